The maximum Gasteiger partial charge on any atom is 0.235 e. The summed E-state index contributed by atoms with van der Waals surface area (Å²) in [6, 6.07) is 21.0. The summed E-state index contributed by atoms with van der Waals surface area (Å²) in [6.07, 6.45) is 3.30. The first kappa shape index (κ1) is 24.2. The van der Waals surface area contributed by atoms with E-state index in [1.807, 2.05) is 12.1 Å². The molecule has 35 heavy (non-hydrogen) atoms. The number of hydrogen-bond acceptors (Lipinski definition) is 4. The molecule has 0 aromatic heterocycles. The monoisotopic (exact) mass is 474 g/mol. The van der Waals surface area contributed by atoms with Crippen molar-refractivity contribution in [1.82, 2.24) is 9.80 Å². The summed E-state index contributed by atoms with van der Waals surface area (Å²) in [5.41, 5.74) is 1.23. The fourth-order valence-corrected chi connectivity index (χ4v) is 6.67. The van der Waals surface area contributed by atoms with E-state index in [1.54, 1.807) is 4.90 Å². The van der Waals surface area contributed by atoms with Gasteiger partial charge in [-0.15, -0.1) is 0 Å². The molecule has 0 N–H and O–H groups in total. The lowest BCUT2D eigenvalue weighted by Crippen LogP contribution is -2.59. The predicted molar refractivity (Wildman–Crippen MR) is 137 cm³/mol. The van der Waals surface area contributed by atoms with Crippen LogP contribution in [0.25, 0.3) is 0 Å². The third-order valence-corrected chi connectivity index (χ3v) is 9.38. The molecule has 0 spiro atoms. The summed E-state index contributed by atoms with van der Waals surface area (Å²) in [7, 11) is 0. The number of rotatable bonds is 6. The van der Waals surface area contributed by atoms with Crippen LogP contribution in [0.1, 0.15) is 57.6 Å². The van der Waals surface area contributed by atoms with Gasteiger partial charge in [-0.25, -0.2) is 0 Å². The van der Waals surface area contributed by atoms with Crippen LogP contribution in [0.3, 0.4) is 0 Å². The molecule has 1 aliphatic carbocycles. The van der Waals surface area contributed by atoms with E-state index in [0.717, 1.165) is 45.3 Å². The van der Waals surface area contributed by atoms with E-state index in [2.05, 4.69) is 74.2 Å². The van der Waals surface area contributed by atoms with E-state index in [-0.39, 0.29) is 23.1 Å². The number of likely N-dealkylation sites (tertiary alicyclic amines) is 1. The number of hydrogen-bond donors (Lipinski definition) is 0. The number of fused-ring (bicyclic) bond motifs is 2. The van der Waals surface area contributed by atoms with E-state index in [4.69, 9.17) is 4.74 Å². The van der Waals surface area contributed by atoms with Crippen LogP contribution in [-0.2, 0) is 19.9 Å². The maximum atomic E-state index is 13.3. The van der Waals surface area contributed by atoms with Gasteiger partial charge in [0.2, 0.25) is 11.8 Å². The van der Waals surface area contributed by atoms with Gasteiger partial charge in [0.15, 0.2) is 0 Å². The van der Waals surface area contributed by atoms with Crippen LogP contribution in [0.4, 0.5) is 0 Å². The number of carbonyl (C=O) groups is 2. The minimum absolute atomic E-state index is 0.0332. The highest BCUT2D eigenvalue weighted by Crippen LogP contribution is 2.60. The number of imide groups is 1. The molecule has 5 heteroatoms. The van der Waals surface area contributed by atoms with Crippen molar-refractivity contribution in [2.24, 2.45) is 16.7 Å². The molecule has 5 nitrogen and oxygen atoms in total. The van der Waals surface area contributed by atoms with Gasteiger partial charge >= 0.3 is 0 Å². The van der Waals surface area contributed by atoms with E-state index < -0.39 is 11.0 Å². The number of ether oxygens (including phenoxy) is 1. The first-order valence-electron chi connectivity index (χ1n) is 13.1. The highest BCUT2D eigenvalue weighted by atomic mass is 16.5. The van der Waals surface area contributed by atoms with Crippen molar-refractivity contribution < 1.29 is 14.3 Å². The molecule has 3 aliphatic rings. The largest absolute Gasteiger partial charge is 0.364 e. The molecule has 3 fully saturated rings. The van der Waals surface area contributed by atoms with E-state index in [9.17, 15) is 9.59 Å². The average molecular weight is 475 g/mol. The molecular weight excluding hydrogens is 436 g/mol. The molecule has 2 aromatic rings. The third-order valence-electron chi connectivity index (χ3n) is 9.38. The van der Waals surface area contributed by atoms with Crippen molar-refractivity contribution in [3.05, 3.63) is 71.8 Å². The smallest absolute Gasteiger partial charge is 0.235 e. The van der Waals surface area contributed by atoms with Crippen LogP contribution in [0, 0.1) is 16.7 Å². The first-order chi connectivity index (χ1) is 16.8. The molecule has 2 aliphatic heterocycles. The highest BCUT2D eigenvalue weighted by Gasteiger charge is 2.64. The topological polar surface area (TPSA) is 49.9 Å². The Bertz CT molecular complexity index is 1030. The van der Waals surface area contributed by atoms with Gasteiger partial charge in [-0.3, -0.25) is 14.5 Å². The zero-order valence-corrected chi connectivity index (χ0v) is 21.3. The Kier molecular flexibility index (Phi) is 6.35. The second-order valence-electron chi connectivity index (χ2n) is 11.3. The van der Waals surface area contributed by atoms with Crippen molar-refractivity contribution in [3.8, 4) is 0 Å². The Morgan fingerprint density at radius 2 is 1.49 bits per heavy atom. The fraction of sp³-hybridized carbons (Fsp3) is 0.533. The van der Waals surface area contributed by atoms with Crippen LogP contribution >= 0.6 is 0 Å². The van der Waals surface area contributed by atoms with Gasteiger partial charge in [-0.1, -0.05) is 81.4 Å². The molecule has 0 radical (unpaired) electrons. The van der Waals surface area contributed by atoms with E-state index in [0.29, 0.717) is 13.2 Å². The number of benzene rings is 2. The number of carbonyl (C=O) groups excluding carboxylic acids is 2. The van der Waals surface area contributed by atoms with Gasteiger partial charge in [-0.05, 0) is 48.8 Å². The lowest BCUT2D eigenvalue weighted by molar-refractivity contribution is -0.167. The van der Waals surface area contributed by atoms with Crippen LogP contribution in [0.5, 0.6) is 0 Å². The van der Waals surface area contributed by atoms with Gasteiger partial charge in [0.05, 0.1) is 12.0 Å². The molecule has 2 bridgehead atoms. The zero-order valence-electron chi connectivity index (χ0n) is 21.3. The van der Waals surface area contributed by atoms with Crippen molar-refractivity contribution in [3.63, 3.8) is 0 Å². The van der Waals surface area contributed by atoms with Crippen LogP contribution in [0.15, 0.2) is 60.7 Å². The summed E-state index contributed by atoms with van der Waals surface area (Å²) < 4.78 is 6.64. The summed E-state index contributed by atoms with van der Waals surface area (Å²) in [5, 5.41) is 0. The average Bonchev–Trinajstić information content (AvgIpc) is 3.00. The lowest BCUT2D eigenvalue weighted by Gasteiger charge is -2.47. The summed E-state index contributed by atoms with van der Waals surface area (Å²) in [5.74, 6) is 0.0446. The molecule has 2 saturated heterocycles. The molecule has 2 aromatic carbocycles. The molecule has 2 atom stereocenters. The highest BCUT2D eigenvalue weighted by molar-refractivity contribution is 6.03. The lowest BCUT2D eigenvalue weighted by atomic mass is 9.62. The van der Waals surface area contributed by atoms with E-state index >= 15 is 0 Å². The maximum absolute atomic E-state index is 13.3. The van der Waals surface area contributed by atoms with Crippen LogP contribution < -0.4 is 0 Å². The minimum atomic E-state index is -0.463. The SMILES string of the molecule is CC12CCC(C(=O)N(CCCN3CCOC(c4ccccc4)(c4ccccc4)CC3)C1=O)C2(C)C. The fourth-order valence-electron chi connectivity index (χ4n) is 6.67. The Morgan fingerprint density at radius 3 is 2.11 bits per heavy atom. The van der Waals surface area contributed by atoms with Gasteiger partial charge in [0.1, 0.15) is 5.60 Å². The van der Waals surface area contributed by atoms with Gasteiger partial charge in [0.25, 0.3) is 0 Å². The molecule has 2 unspecified atom stereocenters. The zero-order chi connectivity index (χ0) is 24.7. The quantitative estimate of drug-likeness (QED) is 0.562. The van der Waals surface area contributed by atoms with E-state index in [1.165, 1.54) is 11.1 Å². The van der Waals surface area contributed by atoms with Gasteiger partial charge in [0, 0.05) is 25.6 Å². The molecule has 2 heterocycles. The molecule has 2 amide bonds. The number of piperidine rings is 1. The van der Waals surface area contributed by atoms with Gasteiger partial charge < -0.3 is 9.64 Å². The Morgan fingerprint density at radius 1 is 0.857 bits per heavy atom. The normalized spacial score (nSPS) is 28.2. The summed E-state index contributed by atoms with van der Waals surface area (Å²) in [6.45, 7) is 10.0. The second kappa shape index (κ2) is 9.18. The first-order valence-corrected chi connectivity index (χ1v) is 13.1. The van der Waals surface area contributed by atoms with Crippen molar-refractivity contribution in [1.29, 1.82) is 0 Å². The minimum Gasteiger partial charge on any atom is -0.364 e. The Balaban J connectivity index is 1.25. The van der Waals surface area contributed by atoms with Gasteiger partial charge in [-0.2, -0.15) is 0 Å². The number of nitrogens with zero attached hydrogens (tertiary/aromatic N) is 2. The molecule has 186 valence electrons. The Hall–Kier alpha value is -2.50. The van der Waals surface area contributed by atoms with Crippen LogP contribution in [-0.4, -0.2) is 54.4 Å². The molecule has 5 rings (SSSR count). The molecular formula is C30H38N2O3. The van der Waals surface area contributed by atoms with Crippen molar-refractivity contribution in [2.75, 3.05) is 32.8 Å². The van der Waals surface area contributed by atoms with Crippen molar-refractivity contribution in [2.45, 2.75) is 52.1 Å². The van der Waals surface area contributed by atoms with Crippen molar-refractivity contribution >= 4 is 11.8 Å². The summed E-state index contributed by atoms with van der Waals surface area (Å²) in [4.78, 5) is 30.5. The summed E-state index contributed by atoms with van der Waals surface area (Å²) >= 11 is 0. The second-order valence-corrected chi connectivity index (χ2v) is 11.3. The number of amides is 2. The third kappa shape index (κ3) is 3.93. The molecule has 1 saturated carbocycles. The predicted octanol–water partition coefficient (Wildman–Crippen LogP) is 4.85. The Labute approximate surface area is 209 Å². The standard InChI is InChI=1S/C30H38N2O3/c1-28(2)25-15-16-29(28,3)27(34)32(26(25)33)19-10-18-31-20-17-30(35-22-21-31,23-11-6-4-7-12-23)24-13-8-5-9-14-24/h4-9,11-14,25H,10,15-22H2,1-3H3. The van der Waals surface area contributed by atoms with Crippen LogP contribution in [0.2, 0.25) is 0 Å².